The molecule has 0 aromatic rings. The molecule has 0 amide bonds. The molecule has 0 bridgehead atoms. The van der Waals surface area contributed by atoms with E-state index in [0.717, 1.165) is 19.3 Å². The quantitative estimate of drug-likeness (QED) is 0.429. The number of sulfonamides is 2. The molecule has 1 saturated carbocycles. The molecule has 0 aromatic carbocycles. The molecular formula is C15H25F7N2O4S2. The van der Waals surface area contributed by atoms with Crippen LogP contribution >= 0.6 is 0 Å². The van der Waals surface area contributed by atoms with E-state index >= 15 is 0 Å². The van der Waals surface area contributed by atoms with Crippen LogP contribution in [0, 0.1) is 0 Å². The number of nitrogens with one attached hydrogen (secondary N) is 2. The van der Waals surface area contributed by atoms with E-state index in [1.807, 2.05) is 0 Å². The first-order valence-electron chi connectivity index (χ1n) is 9.22. The molecular weight excluding hydrogens is 469 g/mol. The van der Waals surface area contributed by atoms with E-state index in [1.165, 1.54) is 0 Å². The van der Waals surface area contributed by atoms with E-state index < -0.39 is 61.5 Å². The third-order valence-electron chi connectivity index (χ3n) is 5.09. The van der Waals surface area contributed by atoms with Crippen molar-refractivity contribution >= 4 is 20.0 Å². The molecule has 15 heteroatoms. The second-order valence-corrected chi connectivity index (χ2v) is 10.9. The average molecular weight is 494 g/mol. The zero-order chi connectivity index (χ0) is 23.6. The van der Waals surface area contributed by atoms with Crippen molar-refractivity contribution in [1.82, 2.24) is 9.44 Å². The summed E-state index contributed by atoms with van der Waals surface area (Å²) in [6.45, 7) is 0.790. The van der Waals surface area contributed by atoms with Crippen molar-refractivity contribution in [2.75, 3.05) is 5.88 Å². The smallest absolute Gasteiger partial charge is 0.300 e. The summed E-state index contributed by atoms with van der Waals surface area (Å²) < 4.78 is 147. The highest BCUT2D eigenvalue weighted by Gasteiger charge is 2.81. The van der Waals surface area contributed by atoms with Crippen molar-refractivity contribution < 1.29 is 47.6 Å². The van der Waals surface area contributed by atoms with Crippen molar-refractivity contribution in [2.45, 2.75) is 87.6 Å². The van der Waals surface area contributed by atoms with Crippen molar-refractivity contribution in [2.24, 2.45) is 0 Å². The van der Waals surface area contributed by atoms with Gasteiger partial charge in [-0.3, -0.25) is 5.32 Å². The van der Waals surface area contributed by atoms with Gasteiger partial charge in [0.2, 0.25) is 10.0 Å². The Morgan fingerprint density at radius 3 is 1.77 bits per heavy atom. The van der Waals surface area contributed by atoms with Crippen molar-refractivity contribution in [3.8, 4) is 0 Å². The van der Waals surface area contributed by atoms with E-state index in [2.05, 4.69) is 5.32 Å². The fourth-order valence-corrected chi connectivity index (χ4v) is 6.26. The molecule has 1 aliphatic rings. The predicted molar refractivity (Wildman–Crippen MR) is 95.1 cm³/mol. The van der Waals surface area contributed by atoms with Gasteiger partial charge in [0.15, 0.2) is 0 Å². The fourth-order valence-electron chi connectivity index (χ4n) is 3.12. The lowest BCUT2D eigenvalue weighted by molar-refractivity contribution is -0.306. The van der Waals surface area contributed by atoms with Crippen molar-refractivity contribution in [3.63, 3.8) is 0 Å². The van der Waals surface area contributed by atoms with Gasteiger partial charge in [-0.1, -0.05) is 33.1 Å². The van der Waals surface area contributed by atoms with Gasteiger partial charge < -0.3 is 0 Å². The topological polar surface area (TPSA) is 92.3 Å². The van der Waals surface area contributed by atoms with E-state index in [-0.39, 0.29) is 6.04 Å². The molecule has 2 N–H and O–H groups in total. The molecule has 0 aromatic heterocycles. The number of alkyl halides is 7. The van der Waals surface area contributed by atoms with Gasteiger partial charge in [0.05, 0.1) is 0 Å². The van der Waals surface area contributed by atoms with E-state index in [0.29, 0.717) is 30.8 Å². The first-order chi connectivity index (χ1) is 13.4. The first kappa shape index (κ1) is 27.4. The highest BCUT2D eigenvalue weighted by molar-refractivity contribution is 8.05. The second kappa shape index (κ2) is 9.06. The van der Waals surface area contributed by atoms with E-state index in [1.54, 1.807) is 0 Å². The van der Waals surface area contributed by atoms with Crippen LogP contribution in [0.15, 0.2) is 0 Å². The summed E-state index contributed by atoms with van der Waals surface area (Å²) in [6.07, 6.45) is -0.314. The van der Waals surface area contributed by atoms with Crippen LogP contribution in [0.5, 0.6) is 0 Å². The minimum absolute atomic E-state index is 0.322. The van der Waals surface area contributed by atoms with Gasteiger partial charge in [0, 0.05) is 12.5 Å². The maximum absolute atomic E-state index is 14.7. The third kappa shape index (κ3) is 5.04. The maximum atomic E-state index is 14.7. The van der Waals surface area contributed by atoms with Crippen LogP contribution in [0.3, 0.4) is 0 Å². The molecule has 1 rings (SSSR count). The molecule has 180 valence electrons. The summed E-state index contributed by atoms with van der Waals surface area (Å²) >= 11 is 0. The van der Waals surface area contributed by atoms with Gasteiger partial charge in [-0.2, -0.15) is 26.3 Å². The summed E-state index contributed by atoms with van der Waals surface area (Å²) in [5.74, 6) is -12.6. The molecule has 1 aliphatic carbocycles. The Hall–Kier alpha value is -0.670. The van der Waals surface area contributed by atoms with Crippen LogP contribution in [0.2, 0.25) is 0 Å². The van der Waals surface area contributed by atoms with Crippen LogP contribution in [-0.2, 0) is 20.0 Å². The molecule has 0 spiro atoms. The monoisotopic (exact) mass is 494 g/mol. The lowest BCUT2D eigenvalue weighted by Gasteiger charge is -2.40. The molecule has 0 saturated heterocycles. The van der Waals surface area contributed by atoms with Gasteiger partial charge in [-0.15, -0.1) is 4.13 Å². The van der Waals surface area contributed by atoms with E-state index in [9.17, 15) is 47.6 Å². The Balaban J connectivity index is 3.17. The largest absolute Gasteiger partial charge is 0.399 e. The van der Waals surface area contributed by atoms with E-state index in [4.69, 9.17) is 0 Å². The third-order valence-corrected chi connectivity index (χ3v) is 8.53. The van der Waals surface area contributed by atoms with Crippen LogP contribution in [0.4, 0.5) is 30.7 Å². The highest BCUT2D eigenvalue weighted by atomic mass is 32.3. The van der Waals surface area contributed by atoms with Crippen LogP contribution in [0.25, 0.3) is 0 Å². The Labute approximate surface area is 171 Å². The number of halogens is 7. The molecule has 0 heterocycles. The van der Waals surface area contributed by atoms with Gasteiger partial charge in [-0.05, 0) is 19.3 Å². The lowest BCUT2D eigenvalue weighted by atomic mass is 9.89. The summed E-state index contributed by atoms with van der Waals surface area (Å²) in [4.78, 5) is 0. The van der Waals surface area contributed by atoms with Crippen molar-refractivity contribution in [1.29, 1.82) is 0 Å². The molecule has 0 aliphatic heterocycles. The minimum Gasteiger partial charge on any atom is -0.300 e. The van der Waals surface area contributed by atoms with Crippen LogP contribution < -0.4 is 9.44 Å². The maximum Gasteiger partial charge on any atom is 0.399 e. The summed E-state index contributed by atoms with van der Waals surface area (Å²) in [6, 6.07) is -0.345. The van der Waals surface area contributed by atoms with Gasteiger partial charge >= 0.3 is 17.1 Å². The van der Waals surface area contributed by atoms with Gasteiger partial charge in [0.25, 0.3) is 15.7 Å². The summed E-state index contributed by atoms with van der Waals surface area (Å²) in [5, 5.41) is -3.77. The Morgan fingerprint density at radius 2 is 1.33 bits per heavy atom. The normalized spacial score (nSPS) is 20.2. The average Bonchev–Trinajstić information content (AvgIpc) is 2.65. The Bertz CT molecular complexity index is 800. The van der Waals surface area contributed by atoms with Crippen LogP contribution in [-0.4, -0.2) is 51.5 Å². The number of hydrogen-bond acceptors (Lipinski definition) is 5. The standard InChI is InChI=1S/C15H25F7N2O4S2/c1-3-12(16,14(19,20)13(17,18)4-2)15(21,22)30(27,28)24-29(25,26)10-23-11-8-6-5-7-9-11/h11,23-24H,3-10H2,1-2H3. The van der Waals surface area contributed by atoms with Gasteiger partial charge in [-0.25, -0.2) is 21.2 Å². The van der Waals surface area contributed by atoms with Crippen LogP contribution in [0.1, 0.15) is 58.8 Å². The zero-order valence-corrected chi connectivity index (χ0v) is 18.0. The minimum atomic E-state index is -6.69. The molecule has 1 fully saturated rings. The molecule has 30 heavy (non-hydrogen) atoms. The molecule has 1 atom stereocenters. The summed E-state index contributed by atoms with van der Waals surface area (Å²) in [7, 11) is -11.8. The first-order valence-corrected chi connectivity index (χ1v) is 12.4. The zero-order valence-electron chi connectivity index (χ0n) is 16.3. The number of hydrogen-bond donors (Lipinski definition) is 2. The lowest BCUT2D eigenvalue weighted by Crippen LogP contribution is -2.68. The van der Waals surface area contributed by atoms with Crippen molar-refractivity contribution in [3.05, 3.63) is 0 Å². The Kier molecular flexibility index (Phi) is 8.26. The predicted octanol–water partition coefficient (Wildman–Crippen LogP) is 3.51. The van der Waals surface area contributed by atoms with Gasteiger partial charge in [0.1, 0.15) is 5.88 Å². The molecule has 6 nitrogen and oxygen atoms in total. The second-order valence-electron chi connectivity index (χ2n) is 7.19. The molecule has 0 radical (unpaired) electrons. The Morgan fingerprint density at radius 1 is 0.833 bits per heavy atom. The highest BCUT2D eigenvalue weighted by Crippen LogP contribution is 2.55. The molecule has 1 unspecified atom stereocenters. The summed E-state index contributed by atoms with van der Waals surface area (Å²) in [5.41, 5.74) is -5.59. The number of rotatable bonds is 11. The SMILES string of the molecule is CCC(F)(F)C(F)(F)C(F)(CC)C(F)(F)S(=O)(=O)NS(=O)(=O)CNC1CCCCC1. The fraction of sp³-hybridized carbons (Fsp3) is 1.00.